The topological polar surface area (TPSA) is 55.8 Å². The summed E-state index contributed by atoms with van der Waals surface area (Å²) in [5, 5.41) is 10.6. The zero-order chi connectivity index (χ0) is 17.6. The summed E-state index contributed by atoms with van der Waals surface area (Å²) in [6.45, 7) is 3.90. The van der Waals surface area contributed by atoms with E-state index in [1.165, 1.54) is 12.7 Å². The SMILES string of the molecule is COC(=O)c1cc(C23CCC(C(C)(C)O)(CC2)CC3)ccc1OC. The van der Waals surface area contributed by atoms with Gasteiger partial charge >= 0.3 is 5.97 Å². The van der Waals surface area contributed by atoms with Gasteiger partial charge in [-0.05, 0) is 80.9 Å². The number of hydrogen-bond acceptors (Lipinski definition) is 4. The monoisotopic (exact) mass is 332 g/mol. The summed E-state index contributed by atoms with van der Waals surface area (Å²) >= 11 is 0. The van der Waals surface area contributed by atoms with Gasteiger partial charge < -0.3 is 14.6 Å². The molecule has 132 valence electrons. The number of fused-ring (bicyclic) bond motifs is 3. The standard InChI is InChI=1S/C20H28O4/c1-18(2,22)20-10-7-19(8-11-20,9-12-20)14-5-6-16(23-3)15(13-14)17(21)24-4/h5-6,13,22H,7-12H2,1-4H3. The molecule has 24 heavy (non-hydrogen) atoms. The predicted molar refractivity (Wildman–Crippen MR) is 92.4 cm³/mol. The second-order valence-corrected chi connectivity index (χ2v) is 8.03. The number of rotatable bonds is 4. The molecule has 4 heteroatoms. The van der Waals surface area contributed by atoms with Crippen LogP contribution in [0, 0.1) is 5.41 Å². The Morgan fingerprint density at radius 1 is 1.08 bits per heavy atom. The van der Waals surface area contributed by atoms with Gasteiger partial charge in [0.2, 0.25) is 0 Å². The Bertz CT molecular complexity index is 617. The van der Waals surface area contributed by atoms with Crippen molar-refractivity contribution in [3.63, 3.8) is 0 Å². The zero-order valence-electron chi connectivity index (χ0n) is 15.1. The van der Waals surface area contributed by atoms with Gasteiger partial charge in [0.25, 0.3) is 0 Å². The Labute approximate surface area is 144 Å². The molecule has 0 unspecified atom stereocenters. The number of esters is 1. The molecular formula is C20H28O4. The average molecular weight is 332 g/mol. The highest BCUT2D eigenvalue weighted by Gasteiger charge is 2.55. The summed E-state index contributed by atoms with van der Waals surface area (Å²) in [7, 11) is 2.96. The molecule has 0 heterocycles. The van der Waals surface area contributed by atoms with Gasteiger partial charge in [-0.2, -0.15) is 0 Å². The molecule has 2 bridgehead atoms. The van der Waals surface area contributed by atoms with E-state index in [9.17, 15) is 9.90 Å². The fourth-order valence-corrected chi connectivity index (χ4v) is 4.84. The molecule has 0 atom stereocenters. The van der Waals surface area contributed by atoms with Crippen molar-refractivity contribution < 1.29 is 19.4 Å². The minimum Gasteiger partial charge on any atom is -0.496 e. The van der Waals surface area contributed by atoms with Crippen molar-refractivity contribution in [3.8, 4) is 5.75 Å². The van der Waals surface area contributed by atoms with E-state index in [4.69, 9.17) is 9.47 Å². The maximum atomic E-state index is 12.1. The van der Waals surface area contributed by atoms with Crippen LogP contribution >= 0.6 is 0 Å². The Hall–Kier alpha value is -1.55. The molecule has 0 aromatic heterocycles. The first kappa shape index (κ1) is 17.3. The molecular weight excluding hydrogens is 304 g/mol. The van der Waals surface area contributed by atoms with Gasteiger partial charge in [0.1, 0.15) is 11.3 Å². The van der Waals surface area contributed by atoms with Crippen LogP contribution in [0.4, 0.5) is 0 Å². The molecule has 1 aromatic carbocycles. The molecule has 0 radical (unpaired) electrons. The van der Waals surface area contributed by atoms with Crippen LogP contribution in [0.1, 0.15) is 68.3 Å². The quantitative estimate of drug-likeness (QED) is 0.851. The Balaban J connectivity index is 1.93. The number of methoxy groups -OCH3 is 2. The summed E-state index contributed by atoms with van der Waals surface area (Å²) in [6, 6.07) is 5.92. The smallest absolute Gasteiger partial charge is 0.341 e. The lowest BCUT2D eigenvalue weighted by molar-refractivity contribution is -0.120. The third-order valence-electron chi connectivity index (χ3n) is 6.76. The summed E-state index contributed by atoms with van der Waals surface area (Å²) in [5.74, 6) is 0.196. The Kier molecular flexibility index (Phi) is 4.15. The van der Waals surface area contributed by atoms with Crippen molar-refractivity contribution >= 4 is 5.97 Å². The van der Waals surface area contributed by atoms with E-state index in [1.54, 1.807) is 7.11 Å². The van der Waals surface area contributed by atoms with E-state index >= 15 is 0 Å². The molecule has 3 aliphatic rings. The summed E-state index contributed by atoms with van der Waals surface area (Å²) < 4.78 is 10.2. The fraction of sp³-hybridized carbons (Fsp3) is 0.650. The maximum Gasteiger partial charge on any atom is 0.341 e. The number of hydrogen-bond donors (Lipinski definition) is 1. The second-order valence-electron chi connectivity index (χ2n) is 8.03. The van der Waals surface area contributed by atoms with E-state index in [-0.39, 0.29) is 16.8 Å². The van der Waals surface area contributed by atoms with Crippen LogP contribution in [-0.4, -0.2) is 30.9 Å². The van der Waals surface area contributed by atoms with Crippen LogP contribution in [0.5, 0.6) is 5.75 Å². The first-order valence-electron chi connectivity index (χ1n) is 8.76. The summed E-state index contributed by atoms with van der Waals surface area (Å²) in [5.41, 5.74) is 1.23. The van der Waals surface area contributed by atoms with Gasteiger partial charge in [-0.3, -0.25) is 0 Å². The van der Waals surface area contributed by atoms with Gasteiger partial charge in [-0.15, -0.1) is 0 Å². The van der Waals surface area contributed by atoms with Gasteiger partial charge in [0.15, 0.2) is 0 Å². The summed E-state index contributed by atoms with van der Waals surface area (Å²) in [4.78, 5) is 12.1. The lowest BCUT2D eigenvalue weighted by Crippen LogP contribution is -2.53. The van der Waals surface area contributed by atoms with Gasteiger partial charge in [0.05, 0.1) is 19.8 Å². The van der Waals surface area contributed by atoms with Crippen molar-refractivity contribution in [2.24, 2.45) is 5.41 Å². The van der Waals surface area contributed by atoms with Crippen molar-refractivity contribution in [2.45, 2.75) is 63.4 Å². The Morgan fingerprint density at radius 3 is 2.12 bits per heavy atom. The number of aliphatic hydroxyl groups is 1. The fourth-order valence-electron chi connectivity index (χ4n) is 4.84. The highest BCUT2D eigenvalue weighted by atomic mass is 16.5. The van der Waals surface area contributed by atoms with Crippen LogP contribution in [-0.2, 0) is 10.2 Å². The second kappa shape index (κ2) is 5.76. The van der Waals surface area contributed by atoms with E-state index in [1.807, 2.05) is 26.0 Å². The minimum absolute atomic E-state index is 0.0480. The van der Waals surface area contributed by atoms with Crippen molar-refractivity contribution in [3.05, 3.63) is 29.3 Å². The highest BCUT2D eigenvalue weighted by Crippen LogP contribution is 2.61. The molecule has 0 aliphatic heterocycles. The third-order valence-corrected chi connectivity index (χ3v) is 6.76. The molecule has 0 saturated heterocycles. The van der Waals surface area contributed by atoms with E-state index in [2.05, 4.69) is 6.07 Å². The van der Waals surface area contributed by atoms with E-state index in [0.717, 1.165) is 38.5 Å². The van der Waals surface area contributed by atoms with Crippen molar-refractivity contribution in [2.75, 3.05) is 14.2 Å². The number of ether oxygens (including phenoxy) is 2. The number of carbonyl (C=O) groups is 1. The maximum absolute atomic E-state index is 12.1. The molecule has 3 aliphatic carbocycles. The van der Waals surface area contributed by atoms with Crippen LogP contribution in [0.2, 0.25) is 0 Å². The predicted octanol–water partition coefficient (Wildman–Crippen LogP) is 3.84. The van der Waals surface area contributed by atoms with Gasteiger partial charge in [-0.25, -0.2) is 4.79 Å². The van der Waals surface area contributed by atoms with Crippen LogP contribution in [0.25, 0.3) is 0 Å². The zero-order valence-corrected chi connectivity index (χ0v) is 15.1. The normalized spacial score (nSPS) is 29.4. The van der Waals surface area contributed by atoms with E-state index < -0.39 is 5.60 Å². The van der Waals surface area contributed by atoms with E-state index in [0.29, 0.717) is 11.3 Å². The molecule has 0 spiro atoms. The molecule has 1 aromatic rings. The van der Waals surface area contributed by atoms with Gasteiger partial charge in [0, 0.05) is 0 Å². The highest BCUT2D eigenvalue weighted by molar-refractivity contribution is 5.92. The van der Waals surface area contributed by atoms with Crippen LogP contribution < -0.4 is 4.74 Å². The van der Waals surface area contributed by atoms with Crippen molar-refractivity contribution in [1.29, 1.82) is 0 Å². The largest absolute Gasteiger partial charge is 0.496 e. The number of benzene rings is 1. The number of carbonyl (C=O) groups excluding carboxylic acids is 1. The summed E-state index contributed by atoms with van der Waals surface area (Å²) in [6.07, 6.45) is 6.29. The molecule has 0 amide bonds. The molecule has 4 nitrogen and oxygen atoms in total. The molecule has 1 N–H and O–H groups in total. The lowest BCUT2D eigenvalue weighted by atomic mass is 9.48. The Morgan fingerprint density at radius 2 is 1.67 bits per heavy atom. The third kappa shape index (κ3) is 2.52. The van der Waals surface area contributed by atoms with Crippen molar-refractivity contribution in [1.82, 2.24) is 0 Å². The lowest BCUT2D eigenvalue weighted by Gasteiger charge is -2.58. The van der Waals surface area contributed by atoms with Crippen LogP contribution in [0.3, 0.4) is 0 Å². The molecule has 4 rings (SSSR count). The average Bonchev–Trinajstić information content (AvgIpc) is 2.61. The first-order chi connectivity index (χ1) is 11.3. The van der Waals surface area contributed by atoms with Gasteiger partial charge in [-0.1, -0.05) is 6.07 Å². The first-order valence-corrected chi connectivity index (χ1v) is 8.76. The molecule has 3 fully saturated rings. The minimum atomic E-state index is -0.628. The van der Waals surface area contributed by atoms with Crippen LogP contribution in [0.15, 0.2) is 18.2 Å². The molecule has 3 saturated carbocycles.